The van der Waals surface area contributed by atoms with E-state index in [9.17, 15) is 9.18 Å². The third-order valence-electron chi connectivity index (χ3n) is 4.22. The lowest BCUT2D eigenvalue weighted by Gasteiger charge is -2.39. The summed E-state index contributed by atoms with van der Waals surface area (Å²) in [6.07, 6.45) is 3.31. The summed E-state index contributed by atoms with van der Waals surface area (Å²) in [4.78, 5) is 16.2. The number of hydrogen-bond donors (Lipinski definition) is 0. The van der Waals surface area contributed by atoms with E-state index in [0.29, 0.717) is 5.91 Å². The van der Waals surface area contributed by atoms with Crippen LogP contribution in [0.1, 0.15) is 19.3 Å². The van der Waals surface area contributed by atoms with Crippen LogP contribution in [-0.2, 0) is 4.79 Å². The van der Waals surface area contributed by atoms with Crippen molar-refractivity contribution in [3.63, 3.8) is 0 Å². The Morgan fingerprint density at radius 2 is 1.89 bits per heavy atom. The number of anilines is 1. The zero-order valence-corrected chi connectivity index (χ0v) is 11.0. The standard InChI is InChI=1S/C15H19FN2O/c16-13-5-2-6-14(11-13)17-7-9-18(10-8-17)15(19)12-3-1-4-12/h2,5-6,11-12H,1,3-4,7-10H2. The molecule has 19 heavy (non-hydrogen) atoms. The van der Waals surface area contributed by atoms with Crippen LogP contribution in [0.2, 0.25) is 0 Å². The Morgan fingerprint density at radius 1 is 1.16 bits per heavy atom. The minimum absolute atomic E-state index is 0.203. The molecular weight excluding hydrogens is 243 g/mol. The van der Waals surface area contributed by atoms with Crippen LogP contribution >= 0.6 is 0 Å². The van der Waals surface area contributed by atoms with Crippen molar-refractivity contribution < 1.29 is 9.18 Å². The Balaban J connectivity index is 1.58. The van der Waals surface area contributed by atoms with Crippen LogP contribution in [0, 0.1) is 11.7 Å². The monoisotopic (exact) mass is 262 g/mol. The number of carbonyl (C=O) groups is 1. The largest absolute Gasteiger partial charge is 0.368 e. The van der Waals surface area contributed by atoms with Crippen molar-refractivity contribution in [1.29, 1.82) is 0 Å². The van der Waals surface area contributed by atoms with Crippen molar-refractivity contribution in [1.82, 2.24) is 4.90 Å². The third-order valence-corrected chi connectivity index (χ3v) is 4.22. The summed E-state index contributed by atoms with van der Waals surface area (Å²) in [5.74, 6) is 0.399. The van der Waals surface area contributed by atoms with E-state index in [4.69, 9.17) is 0 Å². The number of piperazine rings is 1. The van der Waals surface area contributed by atoms with Gasteiger partial charge in [0, 0.05) is 37.8 Å². The van der Waals surface area contributed by atoms with Crippen LogP contribution in [0.15, 0.2) is 24.3 Å². The molecule has 1 aromatic carbocycles. The highest BCUT2D eigenvalue weighted by Gasteiger charge is 2.31. The first kappa shape index (κ1) is 12.5. The fraction of sp³-hybridized carbons (Fsp3) is 0.533. The molecule has 1 aromatic rings. The second-order valence-electron chi connectivity index (χ2n) is 5.42. The Bertz CT molecular complexity index is 465. The molecule has 4 heteroatoms. The predicted octanol–water partition coefficient (Wildman–Crippen LogP) is 2.27. The number of rotatable bonds is 2. The topological polar surface area (TPSA) is 23.6 Å². The highest BCUT2D eigenvalue weighted by atomic mass is 19.1. The molecule has 2 aliphatic rings. The predicted molar refractivity (Wildman–Crippen MR) is 72.5 cm³/mol. The number of halogens is 1. The zero-order chi connectivity index (χ0) is 13.2. The minimum Gasteiger partial charge on any atom is -0.368 e. The summed E-state index contributed by atoms with van der Waals surface area (Å²) in [5.41, 5.74) is 0.913. The van der Waals surface area contributed by atoms with E-state index in [0.717, 1.165) is 44.7 Å². The lowest BCUT2D eigenvalue weighted by Crippen LogP contribution is -2.51. The van der Waals surface area contributed by atoms with Gasteiger partial charge in [0.2, 0.25) is 5.91 Å². The number of nitrogens with zero attached hydrogens (tertiary/aromatic N) is 2. The fourth-order valence-corrected chi connectivity index (χ4v) is 2.77. The molecule has 2 fully saturated rings. The van der Waals surface area contributed by atoms with Crippen molar-refractivity contribution in [3.8, 4) is 0 Å². The Hall–Kier alpha value is -1.58. The molecular formula is C15H19FN2O. The first-order chi connectivity index (χ1) is 9.24. The van der Waals surface area contributed by atoms with Gasteiger partial charge in [0.1, 0.15) is 5.82 Å². The lowest BCUT2D eigenvalue weighted by atomic mass is 9.84. The molecule has 0 aromatic heterocycles. The van der Waals surface area contributed by atoms with Gasteiger partial charge >= 0.3 is 0 Å². The van der Waals surface area contributed by atoms with E-state index in [1.165, 1.54) is 12.5 Å². The van der Waals surface area contributed by atoms with Crippen LogP contribution < -0.4 is 4.90 Å². The molecule has 3 rings (SSSR count). The molecule has 3 nitrogen and oxygen atoms in total. The molecule has 1 aliphatic heterocycles. The zero-order valence-electron chi connectivity index (χ0n) is 11.0. The molecule has 1 amide bonds. The Morgan fingerprint density at radius 3 is 2.47 bits per heavy atom. The maximum atomic E-state index is 13.2. The summed E-state index contributed by atoms with van der Waals surface area (Å²) < 4.78 is 13.2. The molecule has 0 spiro atoms. The van der Waals surface area contributed by atoms with Crippen molar-refractivity contribution in [2.45, 2.75) is 19.3 Å². The number of amides is 1. The highest BCUT2D eigenvalue weighted by molar-refractivity contribution is 5.79. The maximum absolute atomic E-state index is 13.2. The van der Waals surface area contributed by atoms with Gasteiger partial charge in [-0.25, -0.2) is 4.39 Å². The van der Waals surface area contributed by atoms with Crippen molar-refractivity contribution in [2.24, 2.45) is 5.92 Å². The van der Waals surface area contributed by atoms with Gasteiger partial charge in [-0.05, 0) is 31.0 Å². The van der Waals surface area contributed by atoms with E-state index in [1.807, 2.05) is 11.0 Å². The summed E-state index contributed by atoms with van der Waals surface area (Å²) >= 11 is 0. The highest BCUT2D eigenvalue weighted by Crippen LogP contribution is 2.29. The minimum atomic E-state index is -0.203. The van der Waals surface area contributed by atoms with Gasteiger partial charge in [0.05, 0.1) is 0 Å². The normalized spacial score (nSPS) is 20.3. The van der Waals surface area contributed by atoms with Gasteiger partial charge in [-0.15, -0.1) is 0 Å². The van der Waals surface area contributed by atoms with Crippen LogP contribution in [0.5, 0.6) is 0 Å². The molecule has 1 aliphatic carbocycles. The maximum Gasteiger partial charge on any atom is 0.225 e. The van der Waals surface area contributed by atoms with Crippen LogP contribution in [0.25, 0.3) is 0 Å². The van der Waals surface area contributed by atoms with E-state index in [-0.39, 0.29) is 11.7 Å². The number of carbonyl (C=O) groups excluding carboxylic acids is 1. The lowest BCUT2D eigenvalue weighted by molar-refractivity contribution is -0.138. The smallest absolute Gasteiger partial charge is 0.225 e. The molecule has 0 radical (unpaired) electrons. The molecule has 102 valence electrons. The molecule has 0 unspecified atom stereocenters. The van der Waals surface area contributed by atoms with Gasteiger partial charge < -0.3 is 9.80 Å². The third kappa shape index (κ3) is 2.57. The molecule has 0 bridgehead atoms. The van der Waals surface area contributed by atoms with Gasteiger partial charge in [-0.2, -0.15) is 0 Å². The summed E-state index contributed by atoms with van der Waals surface area (Å²) in [6, 6.07) is 6.67. The summed E-state index contributed by atoms with van der Waals surface area (Å²) in [5, 5.41) is 0. The second-order valence-corrected chi connectivity index (χ2v) is 5.42. The van der Waals surface area contributed by atoms with Gasteiger partial charge in [-0.3, -0.25) is 4.79 Å². The van der Waals surface area contributed by atoms with Crippen LogP contribution in [0.4, 0.5) is 10.1 Å². The second kappa shape index (κ2) is 5.19. The molecule has 0 atom stereocenters. The quantitative estimate of drug-likeness (QED) is 0.816. The average molecular weight is 262 g/mol. The Labute approximate surface area is 113 Å². The number of hydrogen-bond acceptors (Lipinski definition) is 2. The van der Waals surface area contributed by atoms with Gasteiger partial charge in [0.15, 0.2) is 0 Å². The van der Waals surface area contributed by atoms with E-state index < -0.39 is 0 Å². The number of benzene rings is 1. The summed E-state index contributed by atoms with van der Waals surface area (Å²) in [6.45, 7) is 3.10. The van der Waals surface area contributed by atoms with E-state index in [2.05, 4.69) is 4.90 Å². The van der Waals surface area contributed by atoms with Crippen LogP contribution in [0.3, 0.4) is 0 Å². The first-order valence-electron chi connectivity index (χ1n) is 7.03. The molecule has 1 saturated carbocycles. The average Bonchev–Trinajstić information content (AvgIpc) is 2.37. The fourth-order valence-electron chi connectivity index (χ4n) is 2.77. The van der Waals surface area contributed by atoms with Crippen molar-refractivity contribution in [3.05, 3.63) is 30.1 Å². The first-order valence-corrected chi connectivity index (χ1v) is 7.03. The van der Waals surface area contributed by atoms with E-state index in [1.54, 1.807) is 12.1 Å². The summed E-state index contributed by atoms with van der Waals surface area (Å²) in [7, 11) is 0. The molecule has 1 saturated heterocycles. The Kier molecular flexibility index (Phi) is 3.40. The SMILES string of the molecule is O=C(C1CCC1)N1CCN(c2cccc(F)c2)CC1. The van der Waals surface area contributed by atoms with Gasteiger partial charge in [0.25, 0.3) is 0 Å². The molecule has 0 N–H and O–H groups in total. The van der Waals surface area contributed by atoms with Crippen molar-refractivity contribution >= 4 is 11.6 Å². The van der Waals surface area contributed by atoms with Crippen molar-refractivity contribution in [2.75, 3.05) is 31.1 Å². The van der Waals surface area contributed by atoms with Crippen LogP contribution in [-0.4, -0.2) is 37.0 Å². The van der Waals surface area contributed by atoms with Gasteiger partial charge in [-0.1, -0.05) is 12.5 Å². The molecule has 1 heterocycles. The van der Waals surface area contributed by atoms with E-state index >= 15 is 0 Å².